The summed E-state index contributed by atoms with van der Waals surface area (Å²) in [6, 6.07) is 7.28. The predicted octanol–water partition coefficient (Wildman–Crippen LogP) is 2.97. The Morgan fingerprint density at radius 1 is 1.24 bits per heavy atom. The van der Waals surface area contributed by atoms with Gasteiger partial charge in [0.1, 0.15) is 5.60 Å². The molecule has 1 aliphatic heterocycles. The number of anilines is 1. The van der Waals surface area contributed by atoms with Gasteiger partial charge < -0.3 is 15.0 Å². The van der Waals surface area contributed by atoms with Gasteiger partial charge in [0.2, 0.25) is 0 Å². The summed E-state index contributed by atoms with van der Waals surface area (Å²) in [6.45, 7) is 8.43. The molecule has 1 saturated heterocycles. The molecule has 1 aromatic carbocycles. The van der Waals surface area contributed by atoms with Crippen LogP contribution in [0.25, 0.3) is 0 Å². The molecule has 6 nitrogen and oxygen atoms in total. The van der Waals surface area contributed by atoms with Crippen LogP contribution in [-0.4, -0.2) is 45.0 Å². The number of amides is 1. The average molecular weight is 368 g/mol. The van der Waals surface area contributed by atoms with Gasteiger partial charge in [0.15, 0.2) is 9.84 Å². The van der Waals surface area contributed by atoms with Crippen LogP contribution in [0.4, 0.5) is 10.5 Å². The van der Waals surface area contributed by atoms with E-state index in [2.05, 4.69) is 17.1 Å². The number of carbonyl (C=O) groups is 1. The summed E-state index contributed by atoms with van der Waals surface area (Å²) < 4.78 is 28.4. The Morgan fingerprint density at radius 2 is 1.84 bits per heavy atom. The summed E-state index contributed by atoms with van der Waals surface area (Å²) in [6.07, 6.45) is 2.46. The van der Waals surface area contributed by atoms with Gasteiger partial charge in [0, 0.05) is 30.6 Å². The van der Waals surface area contributed by atoms with Crippen molar-refractivity contribution in [2.24, 2.45) is 0 Å². The molecule has 2 unspecified atom stereocenters. The van der Waals surface area contributed by atoms with Crippen molar-refractivity contribution < 1.29 is 17.9 Å². The second-order valence-corrected chi connectivity index (χ2v) is 9.69. The third kappa shape index (κ3) is 5.63. The maximum Gasteiger partial charge on any atom is 0.407 e. The topological polar surface area (TPSA) is 75.7 Å². The standard InChI is InChI=1S/C18H28N2O4S/c1-13-12-14(19-17(21)24-18(2,3)4)10-11-20(13)15-6-8-16(9-7-15)25(5,22)23/h6-9,13-14H,10-12H2,1-5H3,(H,19,21). The molecule has 0 aliphatic carbocycles. The monoisotopic (exact) mass is 368 g/mol. The Kier molecular flexibility index (Phi) is 5.66. The van der Waals surface area contributed by atoms with E-state index in [1.165, 1.54) is 6.26 Å². The summed E-state index contributed by atoms with van der Waals surface area (Å²) >= 11 is 0. The number of benzene rings is 1. The lowest BCUT2D eigenvalue weighted by molar-refractivity contribution is 0.0494. The first-order valence-corrected chi connectivity index (χ1v) is 10.4. The molecule has 140 valence electrons. The van der Waals surface area contributed by atoms with Crippen LogP contribution in [0.15, 0.2) is 29.2 Å². The first-order valence-electron chi connectivity index (χ1n) is 8.52. The molecule has 2 atom stereocenters. The van der Waals surface area contributed by atoms with E-state index in [0.29, 0.717) is 4.90 Å². The number of piperidine rings is 1. The molecule has 1 amide bonds. The summed E-state index contributed by atoms with van der Waals surface area (Å²) in [4.78, 5) is 14.5. The largest absolute Gasteiger partial charge is 0.444 e. The van der Waals surface area contributed by atoms with Crippen LogP contribution < -0.4 is 10.2 Å². The fourth-order valence-corrected chi connectivity index (χ4v) is 3.68. The Morgan fingerprint density at radius 3 is 2.32 bits per heavy atom. The third-order valence-corrected chi connectivity index (χ3v) is 5.32. The van der Waals surface area contributed by atoms with Gasteiger partial charge in [-0.25, -0.2) is 13.2 Å². The SMILES string of the molecule is CC1CC(NC(=O)OC(C)(C)C)CCN1c1ccc(S(C)(=O)=O)cc1. The highest BCUT2D eigenvalue weighted by atomic mass is 32.2. The molecule has 0 radical (unpaired) electrons. The van der Waals surface area contributed by atoms with Crippen molar-refractivity contribution in [3.63, 3.8) is 0 Å². The van der Waals surface area contributed by atoms with E-state index < -0.39 is 15.4 Å². The molecule has 0 bridgehead atoms. The fraction of sp³-hybridized carbons (Fsp3) is 0.611. The van der Waals surface area contributed by atoms with Gasteiger partial charge >= 0.3 is 6.09 Å². The lowest BCUT2D eigenvalue weighted by Gasteiger charge is -2.39. The fourth-order valence-electron chi connectivity index (χ4n) is 3.05. The summed E-state index contributed by atoms with van der Waals surface area (Å²) in [7, 11) is -3.18. The maximum atomic E-state index is 11.9. The average Bonchev–Trinajstić information content (AvgIpc) is 2.44. The number of alkyl carbamates (subject to hydrolysis) is 1. The van der Waals surface area contributed by atoms with Gasteiger partial charge in [-0.05, 0) is 64.8 Å². The van der Waals surface area contributed by atoms with E-state index >= 15 is 0 Å². The summed E-state index contributed by atoms with van der Waals surface area (Å²) in [5.41, 5.74) is 0.494. The van der Waals surface area contributed by atoms with E-state index in [4.69, 9.17) is 4.74 Å². The van der Waals surface area contributed by atoms with Gasteiger partial charge in [-0.3, -0.25) is 0 Å². The van der Waals surface area contributed by atoms with Crippen LogP contribution in [0.1, 0.15) is 40.5 Å². The van der Waals surface area contributed by atoms with Crippen molar-refractivity contribution in [3.05, 3.63) is 24.3 Å². The molecule has 2 rings (SSSR count). The highest BCUT2D eigenvalue weighted by molar-refractivity contribution is 7.90. The molecule has 25 heavy (non-hydrogen) atoms. The first-order chi connectivity index (χ1) is 11.5. The van der Waals surface area contributed by atoms with Gasteiger partial charge in [-0.2, -0.15) is 0 Å². The minimum Gasteiger partial charge on any atom is -0.444 e. The molecule has 1 fully saturated rings. The van der Waals surface area contributed by atoms with E-state index in [-0.39, 0.29) is 18.2 Å². The number of hydrogen-bond acceptors (Lipinski definition) is 5. The van der Waals surface area contributed by atoms with Gasteiger partial charge in [0.25, 0.3) is 0 Å². The van der Waals surface area contributed by atoms with Crippen LogP contribution >= 0.6 is 0 Å². The Labute approximate surface area is 150 Å². The molecule has 7 heteroatoms. The zero-order valence-electron chi connectivity index (χ0n) is 15.6. The lowest BCUT2D eigenvalue weighted by atomic mass is 9.97. The second-order valence-electron chi connectivity index (χ2n) is 7.68. The van der Waals surface area contributed by atoms with Crippen molar-refractivity contribution in [2.75, 3.05) is 17.7 Å². The van der Waals surface area contributed by atoms with Crippen LogP contribution in [0.2, 0.25) is 0 Å². The van der Waals surface area contributed by atoms with Gasteiger partial charge in [-0.1, -0.05) is 0 Å². The number of carbonyl (C=O) groups excluding carboxylic acids is 1. The van der Waals surface area contributed by atoms with E-state index in [9.17, 15) is 13.2 Å². The smallest absolute Gasteiger partial charge is 0.407 e. The highest BCUT2D eigenvalue weighted by Crippen LogP contribution is 2.26. The molecular formula is C18H28N2O4S. The van der Waals surface area contributed by atoms with Crippen LogP contribution in [0, 0.1) is 0 Å². The van der Waals surface area contributed by atoms with E-state index in [1.54, 1.807) is 12.1 Å². The first kappa shape index (κ1) is 19.6. The second kappa shape index (κ2) is 7.23. The molecule has 1 heterocycles. The molecule has 1 aromatic rings. The zero-order valence-corrected chi connectivity index (χ0v) is 16.4. The maximum absolute atomic E-state index is 11.9. The zero-order chi connectivity index (χ0) is 18.8. The lowest BCUT2D eigenvalue weighted by Crippen LogP contribution is -2.49. The van der Waals surface area contributed by atoms with Crippen molar-refractivity contribution in [1.29, 1.82) is 0 Å². The summed E-state index contributed by atoms with van der Waals surface area (Å²) in [5.74, 6) is 0. The van der Waals surface area contributed by atoms with Crippen LogP contribution in [0.3, 0.4) is 0 Å². The number of hydrogen-bond donors (Lipinski definition) is 1. The Hall–Kier alpha value is -1.76. The molecule has 0 aromatic heterocycles. The highest BCUT2D eigenvalue weighted by Gasteiger charge is 2.28. The number of sulfone groups is 1. The van der Waals surface area contributed by atoms with Crippen molar-refractivity contribution in [2.45, 2.75) is 63.1 Å². The molecule has 0 saturated carbocycles. The van der Waals surface area contributed by atoms with Crippen molar-refractivity contribution in [3.8, 4) is 0 Å². The minimum atomic E-state index is -3.18. The Bertz CT molecular complexity index is 708. The molecule has 1 N–H and O–H groups in total. The van der Waals surface area contributed by atoms with Crippen molar-refractivity contribution in [1.82, 2.24) is 5.32 Å². The van der Waals surface area contributed by atoms with Crippen LogP contribution in [-0.2, 0) is 14.6 Å². The predicted molar refractivity (Wildman–Crippen MR) is 98.8 cm³/mol. The minimum absolute atomic E-state index is 0.0800. The van der Waals surface area contributed by atoms with Crippen LogP contribution in [0.5, 0.6) is 0 Å². The molecular weight excluding hydrogens is 340 g/mol. The molecule has 1 aliphatic rings. The number of rotatable bonds is 3. The van der Waals surface area contributed by atoms with E-state index in [1.807, 2.05) is 32.9 Å². The Balaban J connectivity index is 1.96. The number of nitrogens with zero attached hydrogens (tertiary/aromatic N) is 1. The van der Waals surface area contributed by atoms with E-state index in [0.717, 1.165) is 25.1 Å². The van der Waals surface area contributed by atoms with Gasteiger partial charge in [-0.15, -0.1) is 0 Å². The number of nitrogens with one attached hydrogen (secondary N) is 1. The van der Waals surface area contributed by atoms with Crippen molar-refractivity contribution >= 4 is 21.6 Å². The third-order valence-electron chi connectivity index (χ3n) is 4.19. The quantitative estimate of drug-likeness (QED) is 0.888. The summed E-state index contributed by atoms with van der Waals surface area (Å²) in [5, 5.41) is 2.94. The number of ether oxygens (including phenoxy) is 1. The normalized spacial score (nSPS) is 21.7. The molecule has 0 spiro atoms. The van der Waals surface area contributed by atoms with Gasteiger partial charge in [0.05, 0.1) is 4.90 Å².